The van der Waals surface area contributed by atoms with Crippen LogP contribution in [0.5, 0.6) is 0 Å². The molecule has 7 heteroatoms. The Morgan fingerprint density at radius 3 is 2.64 bits per heavy atom. The van der Waals surface area contributed by atoms with Gasteiger partial charge < -0.3 is 4.90 Å². The Morgan fingerprint density at radius 1 is 1.20 bits per heavy atom. The van der Waals surface area contributed by atoms with Gasteiger partial charge in [-0.3, -0.25) is 15.0 Å². The van der Waals surface area contributed by atoms with Gasteiger partial charge in [-0.1, -0.05) is 18.2 Å². The third-order valence-corrected chi connectivity index (χ3v) is 4.21. The maximum atomic E-state index is 11.0. The zero-order valence-electron chi connectivity index (χ0n) is 13.6. The van der Waals surface area contributed by atoms with Crippen LogP contribution < -0.4 is 9.88 Å². The van der Waals surface area contributed by atoms with E-state index in [0.717, 1.165) is 37.7 Å². The zero-order valence-corrected chi connectivity index (χ0v) is 13.6. The van der Waals surface area contributed by atoms with Crippen LogP contribution in [0, 0.1) is 21.4 Å². The molecule has 0 atom stereocenters. The lowest BCUT2D eigenvalue weighted by Gasteiger charge is -2.33. The number of nitro benzene ring substituents is 1. The molecule has 0 bridgehead atoms. The van der Waals surface area contributed by atoms with Crippen LogP contribution in [0.3, 0.4) is 0 Å². The van der Waals surface area contributed by atoms with Crippen molar-refractivity contribution in [3.05, 3.63) is 70.4 Å². The van der Waals surface area contributed by atoms with E-state index in [1.165, 1.54) is 18.2 Å². The van der Waals surface area contributed by atoms with Gasteiger partial charge in [0, 0.05) is 29.8 Å². The minimum atomic E-state index is -0.420. The minimum Gasteiger partial charge on any atom is -0.363 e. The van der Waals surface area contributed by atoms with Gasteiger partial charge in [-0.2, -0.15) is 5.26 Å². The third kappa shape index (κ3) is 3.75. The second-order valence-corrected chi connectivity index (χ2v) is 5.69. The SMILES string of the molecule is N#C/C=C(\c1cccc([N+](=O)[O-])c1)N1CCN(c2cccc[nH+]2)CC1. The summed E-state index contributed by atoms with van der Waals surface area (Å²) in [6.07, 6.45) is 3.36. The number of allylic oxidation sites excluding steroid dienone is 1. The molecule has 7 nitrogen and oxygen atoms in total. The number of nitrogens with zero attached hydrogens (tertiary/aromatic N) is 4. The Labute approximate surface area is 145 Å². The molecular weight excluding hydrogens is 318 g/mol. The highest BCUT2D eigenvalue weighted by atomic mass is 16.6. The second kappa shape index (κ2) is 7.45. The summed E-state index contributed by atoms with van der Waals surface area (Å²) in [7, 11) is 0. The minimum absolute atomic E-state index is 0.0267. The highest BCUT2D eigenvalue weighted by Crippen LogP contribution is 2.25. The van der Waals surface area contributed by atoms with E-state index in [4.69, 9.17) is 5.26 Å². The summed E-state index contributed by atoms with van der Waals surface area (Å²) < 4.78 is 0. The number of rotatable bonds is 4. The summed E-state index contributed by atoms with van der Waals surface area (Å²) in [5.41, 5.74) is 1.44. The normalized spacial score (nSPS) is 14.9. The molecule has 0 spiro atoms. The maximum absolute atomic E-state index is 11.0. The van der Waals surface area contributed by atoms with Gasteiger partial charge in [0.2, 0.25) is 0 Å². The molecule has 126 valence electrons. The van der Waals surface area contributed by atoms with Crippen molar-refractivity contribution in [2.75, 3.05) is 31.1 Å². The van der Waals surface area contributed by atoms with Crippen LogP contribution >= 0.6 is 0 Å². The summed E-state index contributed by atoms with van der Waals surface area (Å²) in [6.45, 7) is 3.08. The number of nitro groups is 1. The molecular formula is C18H18N5O2+. The van der Waals surface area contributed by atoms with E-state index < -0.39 is 4.92 Å². The number of nitriles is 1. The van der Waals surface area contributed by atoms with Gasteiger partial charge in [0.15, 0.2) is 0 Å². The average Bonchev–Trinajstić information content (AvgIpc) is 2.67. The molecule has 1 N–H and O–H groups in total. The van der Waals surface area contributed by atoms with Gasteiger partial charge in [-0.25, -0.2) is 4.98 Å². The van der Waals surface area contributed by atoms with E-state index in [-0.39, 0.29) is 5.69 Å². The molecule has 2 heterocycles. The first-order valence-electron chi connectivity index (χ1n) is 8.00. The van der Waals surface area contributed by atoms with Crippen LogP contribution in [0.25, 0.3) is 5.70 Å². The van der Waals surface area contributed by atoms with Crippen molar-refractivity contribution in [2.24, 2.45) is 0 Å². The Balaban J connectivity index is 1.77. The number of anilines is 1. The van der Waals surface area contributed by atoms with Crippen LogP contribution in [0.4, 0.5) is 11.5 Å². The number of benzene rings is 1. The number of piperazine rings is 1. The number of aromatic amines is 1. The number of aromatic nitrogens is 1. The van der Waals surface area contributed by atoms with Crippen molar-refractivity contribution in [1.82, 2.24) is 4.90 Å². The number of non-ortho nitro benzene ring substituents is 1. The van der Waals surface area contributed by atoms with Crippen LogP contribution in [-0.2, 0) is 0 Å². The highest BCUT2D eigenvalue weighted by molar-refractivity contribution is 5.68. The Kier molecular flexibility index (Phi) is 4.90. The molecule has 1 fully saturated rings. The van der Waals surface area contributed by atoms with E-state index >= 15 is 0 Å². The lowest BCUT2D eigenvalue weighted by Crippen LogP contribution is -2.47. The van der Waals surface area contributed by atoms with Crippen molar-refractivity contribution in [3.8, 4) is 6.07 Å². The molecule has 1 aromatic heterocycles. The van der Waals surface area contributed by atoms with E-state index in [9.17, 15) is 10.1 Å². The van der Waals surface area contributed by atoms with E-state index in [1.807, 2.05) is 24.4 Å². The number of nitrogens with one attached hydrogen (secondary N) is 1. The molecule has 3 rings (SSSR count). The van der Waals surface area contributed by atoms with Crippen molar-refractivity contribution in [3.63, 3.8) is 0 Å². The number of hydrogen-bond acceptors (Lipinski definition) is 5. The number of pyridine rings is 1. The van der Waals surface area contributed by atoms with E-state index in [2.05, 4.69) is 20.9 Å². The monoisotopic (exact) mass is 336 g/mol. The van der Waals surface area contributed by atoms with Crippen molar-refractivity contribution in [1.29, 1.82) is 5.26 Å². The predicted molar refractivity (Wildman–Crippen MR) is 93.5 cm³/mol. The van der Waals surface area contributed by atoms with Crippen LogP contribution in [0.15, 0.2) is 54.7 Å². The summed E-state index contributed by atoms with van der Waals surface area (Å²) in [5, 5.41) is 20.1. The Bertz CT molecular complexity index is 821. The number of H-pyrrole nitrogens is 1. The first-order valence-corrected chi connectivity index (χ1v) is 8.00. The highest BCUT2D eigenvalue weighted by Gasteiger charge is 2.25. The summed E-state index contributed by atoms with van der Waals surface area (Å²) in [4.78, 5) is 18.2. The molecule has 1 saturated heterocycles. The molecule has 2 aromatic rings. The van der Waals surface area contributed by atoms with Crippen LogP contribution in [0.2, 0.25) is 0 Å². The Hall–Kier alpha value is -3.40. The molecule has 0 aliphatic carbocycles. The van der Waals surface area contributed by atoms with Gasteiger partial charge in [-0.05, 0) is 6.07 Å². The first-order chi connectivity index (χ1) is 12.2. The molecule has 0 radical (unpaired) electrons. The Morgan fingerprint density at radius 2 is 2.00 bits per heavy atom. The van der Waals surface area contributed by atoms with Crippen molar-refractivity contribution in [2.45, 2.75) is 0 Å². The van der Waals surface area contributed by atoms with Gasteiger partial charge in [0.25, 0.3) is 11.5 Å². The standard InChI is InChI=1S/C18H17N5O2/c19-8-7-17(15-4-3-5-16(14-15)23(24)25)21-10-12-22(13-11-21)18-6-1-2-9-20-18/h1-7,9,14H,10-13H2/p+1/b17-7+. The third-order valence-electron chi connectivity index (χ3n) is 4.21. The van der Waals surface area contributed by atoms with Crippen LogP contribution in [-0.4, -0.2) is 36.0 Å². The quantitative estimate of drug-likeness (QED) is 0.485. The molecule has 1 aliphatic rings. The lowest BCUT2D eigenvalue weighted by atomic mass is 10.1. The van der Waals surface area contributed by atoms with Crippen molar-refractivity contribution < 1.29 is 9.91 Å². The molecule has 0 amide bonds. The molecule has 25 heavy (non-hydrogen) atoms. The van der Waals surface area contributed by atoms with Gasteiger partial charge in [0.05, 0.1) is 36.0 Å². The molecule has 1 aromatic carbocycles. The zero-order chi connectivity index (χ0) is 17.6. The smallest absolute Gasteiger partial charge is 0.274 e. The number of hydrogen-bond donors (Lipinski definition) is 0. The summed E-state index contributed by atoms with van der Waals surface area (Å²) in [6, 6.07) is 14.4. The fraction of sp³-hybridized carbons (Fsp3) is 0.222. The maximum Gasteiger partial charge on any atom is 0.274 e. The van der Waals surface area contributed by atoms with Gasteiger partial charge >= 0.3 is 0 Å². The largest absolute Gasteiger partial charge is 0.363 e. The van der Waals surface area contributed by atoms with E-state index in [0.29, 0.717) is 5.56 Å². The summed E-state index contributed by atoms with van der Waals surface area (Å²) >= 11 is 0. The molecule has 0 unspecified atom stereocenters. The average molecular weight is 336 g/mol. The fourth-order valence-corrected chi connectivity index (χ4v) is 2.97. The van der Waals surface area contributed by atoms with Gasteiger partial charge in [0.1, 0.15) is 13.1 Å². The second-order valence-electron chi connectivity index (χ2n) is 5.69. The predicted octanol–water partition coefficient (Wildman–Crippen LogP) is 2.10. The molecule has 1 aliphatic heterocycles. The van der Waals surface area contributed by atoms with Gasteiger partial charge in [-0.15, -0.1) is 0 Å². The fourth-order valence-electron chi connectivity index (χ4n) is 2.97. The van der Waals surface area contributed by atoms with E-state index in [1.54, 1.807) is 12.1 Å². The molecule has 0 saturated carbocycles. The first kappa shape index (κ1) is 16.5. The summed E-state index contributed by atoms with van der Waals surface area (Å²) in [5.74, 6) is 1.06. The topological polar surface area (TPSA) is 87.5 Å². The van der Waals surface area contributed by atoms with Crippen molar-refractivity contribution >= 4 is 17.2 Å². The van der Waals surface area contributed by atoms with Crippen LogP contribution in [0.1, 0.15) is 5.56 Å². The lowest BCUT2D eigenvalue weighted by molar-refractivity contribution is -0.384.